The normalized spacial score (nSPS) is 13.3. The second kappa shape index (κ2) is 9.97. The van der Waals surface area contributed by atoms with Crippen LogP contribution in [0, 0.1) is 41.5 Å². The molecular weight excluding hydrogens is 546 g/mol. The maximum absolute atomic E-state index is 6.14. The third kappa shape index (κ3) is 3.95. The van der Waals surface area contributed by atoms with Gasteiger partial charge in [-0.1, -0.05) is 90.0 Å². The lowest BCUT2D eigenvalue weighted by Crippen LogP contribution is -2.32. The maximum atomic E-state index is 6.14. The van der Waals surface area contributed by atoms with E-state index in [0.717, 1.165) is 33.3 Å². The smallest absolute Gasteiger partial charge is 0.135 e. The fourth-order valence-electron chi connectivity index (χ4n) is 8.60. The third-order valence-electron chi connectivity index (χ3n) is 9.83. The SMILES string of the molecule is Cc1cc(C)c(C2(c3c(C)cc(C)cc3C)c3ccccc3-c3c(Nc4ccc5oc6ccccc6c5c4)cccc32)c(C)c1. The van der Waals surface area contributed by atoms with Crippen LogP contribution in [0.25, 0.3) is 33.1 Å². The Labute approximate surface area is 265 Å². The highest BCUT2D eigenvalue weighted by Gasteiger charge is 2.49. The Morgan fingerprint density at radius 2 is 1.09 bits per heavy atom. The molecule has 0 aliphatic heterocycles. The predicted molar refractivity (Wildman–Crippen MR) is 189 cm³/mol. The van der Waals surface area contributed by atoms with Crippen LogP contribution in [-0.2, 0) is 5.41 Å². The molecule has 1 aromatic heterocycles. The van der Waals surface area contributed by atoms with Crippen molar-refractivity contribution < 1.29 is 4.42 Å². The second-order valence-electron chi connectivity index (χ2n) is 13.0. The molecule has 0 radical (unpaired) electrons. The maximum Gasteiger partial charge on any atom is 0.135 e. The number of nitrogens with one attached hydrogen (secondary N) is 1. The molecule has 0 spiro atoms. The third-order valence-corrected chi connectivity index (χ3v) is 9.83. The van der Waals surface area contributed by atoms with E-state index in [2.05, 4.69) is 144 Å². The number of benzene rings is 6. The Morgan fingerprint density at radius 1 is 0.511 bits per heavy atom. The summed E-state index contributed by atoms with van der Waals surface area (Å²) in [4.78, 5) is 0. The van der Waals surface area contributed by atoms with E-state index < -0.39 is 5.41 Å². The fraction of sp³-hybridized carbons (Fsp3) is 0.163. The Hall–Kier alpha value is -5.08. The van der Waals surface area contributed by atoms with Crippen LogP contribution in [0.2, 0.25) is 0 Å². The van der Waals surface area contributed by atoms with Crippen LogP contribution in [0.15, 0.2) is 114 Å². The molecule has 2 nitrogen and oxygen atoms in total. The van der Waals surface area contributed by atoms with E-state index in [9.17, 15) is 0 Å². The molecule has 1 aliphatic carbocycles. The number of hydrogen-bond acceptors (Lipinski definition) is 2. The first-order chi connectivity index (χ1) is 21.8. The monoisotopic (exact) mass is 583 g/mol. The number of aryl methyl sites for hydroxylation is 6. The summed E-state index contributed by atoms with van der Waals surface area (Å²) in [5.41, 5.74) is 19.4. The molecule has 0 bridgehead atoms. The van der Waals surface area contributed by atoms with Crippen LogP contribution in [0.3, 0.4) is 0 Å². The van der Waals surface area contributed by atoms with E-state index in [-0.39, 0.29) is 0 Å². The van der Waals surface area contributed by atoms with E-state index in [1.807, 2.05) is 12.1 Å². The van der Waals surface area contributed by atoms with Gasteiger partial charge in [0, 0.05) is 27.7 Å². The van der Waals surface area contributed by atoms with Crippen LogP contribution in [0.1, 0.15) is 55.6 Å². The molecular formula is C43H37NO. The standard InChI is InChI=1S/C43H37NO/c1-25-20-27(3)41(28(4)21-25)43(42-29(5)22-26(2)23-30(42)6)35-14-9-7-13-33(35)40-36(43)15-11-16-37(40)44-31-18-19-39-34(24-31)32-12-8-10-17-38(32)45-39/h7-24,44H,1-6H3. The van der Waals surface area contributed by atoms with Crippen LogP contribution in [-0.4, -0.2) is 0 Å². The first-order valence-electron chi connectivity index (χ1n) is 15.9. The first-order valence-corrected chi connectivity index (χ1v) is 15.9. The van der Waals surface area contributed by atoms with Gasteiger partial charge in [-0.3, -0.25) is 0 Å². The largest absolute Gasteiger partial charge is 0.456 e. The minimum atomic E-state index is -0.460. The lowest BCUT2D eigenvalue weighted by molar-refractivity contribution is 0.669. The van der Waals surface area contributed by atoms with Crippen molar-refractivity contribution in [2.24, 2.45) is 0 Å². The average molecular weight is 584 g/mol. The highest BCUT2D eigenvalue weighted by atomic mass is 16.3. The second-order valence-corrected chi connectivity index (χ2v) is 13.0. The number of furan rings is 1. The number of hydrogen-bond donors (Lipinski definition) is 1. The van der Waals surface area contributed by atoms with Crippen LogP contribution < -0.4 is 5.32 Å². The van der Waals surface area contributed by atoms with E-state index in [4.69, 9.17) is 4.42 Å². The van der Waals surface area contributed by atoms with Crippen LogP contribution in [0.4, 0.5) is 11.4 Å². The Bertz CT molecular complexity index is 2210. The fourth-order valence-corrected chi connectivity index (χ4v) is 8.60. The van der Waals surface area contributed by atoms with E-state index in [1.165, 1.54) is 66.8 Å². The molecule has 1 heterocycles. The molecule has 6 aromatic carbocycles. The summed E-state index contributed by atoms with van der Waals surface area (Å²) in [5.74, 6) is 0. The van der Waals surface area contributed by atoms with Gasteiger partial charge in [0.2, 0.25) is 0 Å². The number of rotatable bonds is 4. The van der Waals surface area contributed by atoms with Crippen LogP contribution in [0.5, 0.6) is 0 Å². The molecule has 0 fully saturated rings. The van der Waals surface area contributed by atoms with E-state index in [1.54, 1.807) is 0 Å². The molecule has 0 atom stereocenters. The average Bonchev–Trinajstić information content (AvgIpc) is 3.51. The molecule has 1 aliphatic rings. The molecule has 220 valence electrons. The highest BCUT2D eigenvalue weighted by molar-refractivity contribution is 6.06. The van der Waals surface area contributed by atoms with Gasteiger partial charge in [-0.05, 0) is 122 Å². The molecule has 8 rings (SSSR count). The summed E-state index contributed by atoms with van der Waals surface area (Å²) in [6, 6.07) is 40.0. The van der Waals surface area contributed by atoms with Gasteiger partial charge in [0.1, 0.15) is 11.2 Å². The predicted octanol–water partition coefficient (Wildman–Crippen LogP) is 11.5. The summed E-state index contributed by atoms with van der Waals surface area (Å²) in [6.07, 6.45) is 0. The molecule has 0 amide bonds. The van der Waals surface area contributed by atoms with Gasteiger partial charge in [-0.25, -0.2) is 0 Å². The van der Waals surface area contributed by atoms with Crippen molar-refractivity contribution in [3.05, 3.63) is 165 Å². The van der Waals surface area contributed by atoms with Gasteiger partial charge in [0.15, 0.2) is 0 Å². The van der Waals surface area contributed by atoms with Gasteiger partial charge in [0.25, 0.3) is 0 Å². The Morgan fingerprint density at radius 3 is 1.78 bits per heavy atom. The van der Waals surface area contributed by atoms with Crippen molar-refractivity contribution in [3.8, 4) is 11.1 Å². The van der Waals surface area contributed by atoms with E-state index >= 15 is 0 Å². The van der Waals surface area contributed by atoms with Gasteiger partial charge in [-0.15, -0.1) is 0 Å². The van der Waals surface area contributed by atoms with E-state index in [0.29, 0.717) is 0 Å². The molecule has 45 heavy (non-hydrogen) atoms. The summed E-state index contributed by atoms with van der Waals surface area (Å²) in [7, 11) is 0. The number of anilines is 2. The van der Waals surface area contributed by atoms with Gasteiger partial charge >= 0.3 is 0 Å². The molecule has 0 unspecified atom stereocenters. The van der Waals surface area contributed by atoms with Crippen molar-refractivity contribution in [2.45, 2.75) is 47.0 Å². The van der Waals surface area contributed by atoms with Crippen LogP contribution >= 0.6 is 0 Å². The molecule has 1 N–H and O–H groups in total. The van der Waals surface area contributed by atoms with Crippen molar-refractivity contribution in [3.63, 3.8) is 0 Å². The van der Waals surface area contributed by atoms with Gasteiger partial charge in [0.05, 0.1) is 5.41 Å². The molecule has 2 heteroatoms. The number of para-hydroxylation sites is 1. The van der Waals surface area contributed by atoms with Crippen molar-refractivity contribution in [2.75, 3.05) is 5.32 Å². The molecule has 7 aromatic rings. The van der Waals surface area contributed by atoms with Crippen molar-refractivity contribution in [1.29, 1.82) is 0 Å². The summed E-state index contributed by atoms with van der Waals surface area (Å²) in [6.45, 7) is 13.6. The summed E-state index contributed by atoms with van der Waals surface area (Å²) in [5, 5.41) is 6.12. The zero-order valence-electron chi connectivity index (χ0n) is 26.8. The lowest BCUT2D eigenvalue weighted by atomic mass is 9.63. The first kappa shape index (κ1) is 27.5. The molecule has 0 saturated heterocycles. The Balaban J connectivity index is 1.44. The Kier molecular flexibility index (Phi) is 6.09. The lowest BCUT2D eigenvalue weighted by Gasteiger charge is -2.39. The van der Waals surface area contributed by atoms with Crippen molar-refractivity contribution >= 4 is 33.3 Å². The minimum Gasteiger partial charge on any atom is -0.456 e. The van der Waals surface area contributed by atoms with Gasteiger partial charge < -0.3 is 9.73 Å². The zero-order valence-corrected chi connectivity index (χ0v) is 26.8. The summed E-state index contributed by atoms with van der Waals surface area (Å²) < 4.78 is 6.14. The zero-order chi connectivity index (χ0) is 31.0. The number of fused-ring (bicyclic) bond motifs is 6. The molecule has 0 saturated carbocycles. The minimum absolute atomic E-state index is 0.460. The topological polar surface area (TPSA) is 25.2 Å². The van der Waals surface area contributed by atoms with Crippen molar-refractivity contribution in [1.82, 2.24) is 0 Å². The van der Waals surface area contributed by atoms with Gasteiger partial charge in [-0.2, -0.15) is 0 Å². The highest BCUT2D eigenvalue weighted by Crippen LogP contribution is 2.60. The quantitative estimate of drug-likeness (QED) is 0.223. The summed E-state index contributed by atoms with van der Waals surface area (Å²) >= 11 is 0.